The number of amides is 1. The summed E-state index contributed by atoms with van der Waals surface area (Å²) in [6.07, 6.45) is 5.87. The molecule has 0 spiro atoms. The maximum absolute atomic E-state index is 12.2. The van der Waals surface area contributed by atoms with Gasteiger partial charge in [-0.2, -0.15) is 0 Å². The normalized spacial score (nSPS) is 17.8. The zero-order valence-electron chi connectivity index (χ0n) is 11.8. The zero-order valence-corrected chi connectivity index (χ0v) is 13.4. The zero-order chi connectivity index (χ0) is 14.6. The third-order valence-electron chi connectivity index (χ3n) is 4.19. The van der Waals surface area contributed by atoms with Crippen molar-refractivity contribution in [3.8, 4) is 0 Å². The number of carbonyl (C=O) groups excluding carboxylic acids is 1. The summed E-state index contributed by atoms with van der Waals surface area (Å²) >= 11 is 12.3. The van der Waals surface area contributed by atoms with Crippen LogP contribution in [0.3, 0.4) is 0 Å². The van der Waals surface area contributed by atoms with Crippen molar-refractivity contribution in [3.63, 3.8) is 0 Å². The summed E-state index contributed by atoms with van der Waals surface area (Å²) in [5.74, 6) is 0.500. The van der Waals surface area contributed by atoms with Crippen molar-refractivity contribution >= 4 is 29.1 Å². The molecule has 0 radical (unpaired) electrons. The van der Waals surface area contributed by atoms with Crippen LogP contribution < -0.4 is 5.32 Å². The van der Waals surface area contributed by atoms with Gasteiger partial charge in [0.05, 0.1) is 10.6 Å². The first kappa shape index (κ1) is 15.7. The van der Waals surface area contributed by atoms with Crippen molar-refractivity contribution in [3.05, 3.63) is 34.3 Å². The molecular formula is C16H21Cl2NO. The van der Waals surface area contributed by atoms with Gasteiger partial charge in [-0.15, -0.1) is 11.6 Å². The van der Waals surface area contributed by atoms with Crippen LogP contribution in [0.25, 0.3) is 0 Å². The number of alkyl halides is 1. The van der Waals surface area contributed by atoms with Gasteiger partial charge >= 0.3 is 0 Å². The number of hydrogen-bond donors (Lipinski definition) is 1. The molecule has 2 nitrogen and oxygen atoms in total. The monoisotopic (exact) mass is 313 g/mol. The Morgan fingerprint density at radius 3 is 2.60 bits per heavy atom. The van der Waals surface area contributed by atoms with Crippen LogP contribution in [-0.4, -0.2) is 18.3 Å². The molecule has 0 bridgehead atoms. The van der Waals surface area contributed by atoms with Gasteiger partial charge in [0.1, 0.15) is 0 Å². The highest BCUT2D eigenvalue weighted by Gasteiger charge is 2.31. The molecule has 2 rings (SSSR count). The fraction of sp³-hybridized carbons (Fsp3) is 0.562. The predicted octanol–water partition coefficient (Wildman–Crippen LogP) is 4.57. The highest BCUT2D eigenvalue weighted by Crippen LogP contribution is 2.36. The Bertz CT molecular complexity index is 481. The van der Waals surface area contributed by atoms with E-state index in [1.165, 1.54) is 19.3 Å². The van der Waals surface area contributed by atoms with Gasteiger partial charge in [-0.3, -0.25) is 4.79 Å². The van der Waals surface area contributed by atoms with Crippen molar-refractivity contribution in [2.24, 2.45) is 5.41 Å². The predicted molar refractivity (Wildman–Crippen MR) is 84.8 cm³/mol. The number of nitrogens with one attached hydrogen (secondary N) is 1. The molecule has 0 atom stereocenters. The van der Waals surface area contributed by atoms with E-state index in [4.69, 9.17) is 23.2 Å². The molecule has 110 valence electrons. The van der Waals surface area contributed by atoms with Crippen LogP contribution in [0, 0.1) is 12.3 Å². The highest BCUT2D eigenvalue weighted by molar-refractivity contribution is 6.33. The van der Waals surface area contributed by atoms with Crippen LogP contribution in [0.4, 0.5) is 0 Å². The maximum atomic E-state index is 12.2. The molecule has 0 aliphatic heterocycles. The van der Waals surface area contributed by atoms with E-state index < -0.39 is 0 Å². The number of aryl methyl sites for hydroxylation is 1. The highest BCUT2D eigenvalue weighted by atomic mass is 35.5. The van der Waals surface area contributed by atoms with Crippen LogP contribution in [0.5, 0.6) is 0 Å². The standard InChI is InChI=1S/C16H21Cl2NO/c1-12-5-6-13(14(18)9-12)15(20)19-11-16(10-17)7-3-2-4-8-16/h5-6,9H,2-4,7-8,10-11H2,1H3,(H,19,20). The Morgan fingerprint density at radius 2 is 2.00 bits per heavy atom. The van der Waals surface area contributed by atoms with Gasteiger partial charge in [0, 0.05) is 17.8 Å². The molecule has 4 heteroatoms. The third-order valence-corrected chi connectivity index (χ3v) is 5.07. The molecule has 1 amide bonds. The van der Waals surface area contributed by atoms with Crippen molar-refractivity contribution in [2.75, 3.05) is 12.4 Å². The van der Waals surface area contributed by atoms with Crippen LogP contribution in [-0.2, 0) is 0 Å². The summed E-state index contributed by atoms with van der Waals surface area (Å²) in [6.45, 7) is 2.59. The fourth-order valence-corrected chi connectivity index (χ4v) is 3.51. The maximum Gasteiger partial charge on any atom is 0.252 e. The summed E-state index contributed by atoms with van der Waals surface area (Å²) in [5.41, 5.74) is 1.65. The van der Waals surface area contributed by atoms with Gasteiger partial charge < -0.3 is 5.32 Å². The van der Waals surface area contributed by atoms with Crippen molar-refractivity contribution < 1.29 is 4.79 Å². The first-order valence-electron chi connectivity index (χ1n) is 7.17. The van der Waals surface area contributed by atoms with Crippen molar-refractivity contribution in [1.82, 2.24) is 5.32 Å². The Kier molecular flexibility index (Phi) is 5.34. The third kappa shape index (κ3) is 3.67. The summed E-state index contributed by atoms with van der Waals surface area (Å²) in [7, 11) is 0. The molecule has 0 unspecified atom stereocenters. The number of halogens is 2. The number of rotatable bonds is 4. The van der Waals surface area contributed by atoms with E-state index in [0.717, 1.165) is 18.4 Å². The first-order valence-corrected chi connectivity index (χ1v) is 8.08. The van der Waals surface area contributed by atoms with E-state index in [2.05, 4.69) is 5.32 Å². The lowest BCUT2D eigenvalue weighted by atomic mass is 9.75. The number of hydrogen-bond acceptors (Lipinski definition) is 1. The molecule has 1 saturated carbocycles. The number of benzene rings is 1. The summed E-state index contributed by atoms with van der Waals surface area (Å²) in [6, 6.07) is 5.49. The summed E-state index contributed by atoms with van der Waals surface area (Å²) in [4.78, 5) is 12.2. The topological polar surface area (TPSA) is 29.1 Å². The molecule has 0 aromatic heterocycles. The average molecular weight is 314 g/mol. The van der Waals surface area contributed by atoms with Gasteiger partial charge in [-0.1, -0.05) is 36.9 Å². The molecule has 0 heterocycles. The molecule has 1 aliphatic carbocycles. The lowest BCUT2D eigenvalue weighted by Crippen LogP contribution is -2.40. The van der Waals surface area contributed by atoms with Gasteiger partial charge in [-0.25, -0.2) is 0 Å². The molecule has 0 saturated heterocycles. The van der Waals surface area contributed by atoms with E-state index in [1.807, 2.05) is 19.1 Å². The largest absolute Gasteiger partial charge is 0.351 e. The fourth-order valence-electron chi connectivity index (χ4n) is 2.83. The smallest absolute Gasteiger partial charge is 0.252 e. The van der Waals surface area contributed by atoms with Crippen molar-refractivity contribution in [1.29, 1.82) is 0 Å². The lowest BCUT2D eigenvalue weighted by molar-refractivity contribution is 0.0921. The molecular weight excluding hydrogens is 293 g/mol. The molecule has 20 heavy (non-hydrogen) atoms. The molecule has 1 aromatic carbocycles. The Hall–Kier alpha value is -0.730. The second-order valence-electron chi connectivity index (χ2n) is 5.86. The van der Waals surface area contributed by atoms with Gasteiger partial charge in [0.2, 0.25) is 0 Å². The van der Waals surface area contributed by atoms with E-state index in [0.29, 0.717) is 23.0 Å². The second-order valence-corrected chi connectivity index (χ2v) is 6.53. The summed E-state index contributed by atoms with van der Waals surface area (Å²) < 4.78 is 0. The van der Waals surface area contributed by atoms with E-state index in [1.54, 1.807) is 6.07 Å². The minimum Gasteiger partial charge on any atom is -0.351 e. The Labute approximate surface area is 130 Å². The van der Waals surface area contributed by atoms with Gasteiger partial charge in [0.15, 0.2) is 0 Å². The van der Waals surface area contributed by atoms with Crippen LogP contribution in [0.1, 0.15) is 48.0 Å². The average Bonchev–Trinajstić information content (AvgIpc) is 2.46. The van der Waals surface area contributed by atoms with Crippen molar-refractivity contribution in [2.45, 2.75) is 39.0 Å². The van der Waals surface area contributed by atoms with Crippen LogP contribution >= 0.6 is 23.2 Å². The van der Waals surface area contributed by atoms with Gasteiger partial charge in [-0.05, 0) is 37.5 Å². The van der Waals surface area contributed by atoms with E-state index in [9.17, 15) is 4.79 Å². The van der Waals surface area contributed by atoms with Gasteiger partial charge in [0.25, 0.3) is 5.91 Å². The van der Waals surface area contributed by atoms with E-state index >= 15 is 0 Å². The molecule has 1 aliphatic rings. The quantitative estimate of drug-likeness (QED) is 0.811. The Morgan fingerprint density at radius 1 is 1.30 bits per heavy atom. The van der Waals surface area contributed by atoms with Crippen LogP contribution in [0.15, 0.2) is 18.2 Å². The molecule has 1 N–H and O–H groups in total. The Balaban J connectivity index is 2.00. The molecule has 1 fully saturated rings. The summed E-state index contributed by atoms with van der Waals surface area (Å²) in [5, 5.41) is 3.52. The first-order chi connectivity index (χ1) is 9.56. The lowest BCUT2D eigenvalue weighted by Gasteiger charge is -2.35. The SMILES string of the molecule is Cc1ccc(C(=O)NCC2(CCl)CCCCC2)c(Cl)c1. The minimum absolute atomic E-state index is 0.0621. The number of carbonyl (C=O) groups is 1. The van der Waals surface area contributed by atoms with E-state index in [-0.39, 0.29) is 11.3 Å². The van der Waals surface area contributed by atoms with Crippen LogP contribution in [0.2, 0.25) is 5.02 Å². The molecule has 1 aromatic rings. The second kappa shape index (κ2) is 6.82. The minimum atomic E-state index is -0.106.